The van der Waals surface area contributed by atoms with E-state index in [9.17, 15) is 0 Å². The first-order valence-corrected chi connectivity index (χ1v) is 7.53. The Kier molecular flexibility index (Phi) is 4.43. The fraction of sp³-hybridized carbons (Fsp3) is 0.294. The summed E-state index contributed by atoms with van der Waals surface area (Å²) in [7, 11) is 3.57. The van der Waals surface area contributed by atoms with Gasteiger partial charge >= 0.3 is 0 Å². The molecule has 0 aliphatic carbocycles. The van der Waals surface area contributed by atoms with Crippen LogP contribution in [0.25, 0.3) is 5.69 Å². The van der Waals surface area contributed by atoms with Crippen molar-refractivity contribution in [2.75, 3.05) is 7.11 Å². The summed E-state index contributed by atoms with van der Waals surface area (Å²) in [6.07, 6.45) is 5.51. The van der Waals surface area contributed by atoms with Gasteiger partial charge in [-0.2, -0.15) is 5.10 Å². The smallest absolute Gasteiger partial charge is 0.216 e. The Hall–Kier alpha value is -2.60. The molecule has 0 atom stereocenters. The molecule has 0 fully saturated rings. The summed E-state index contributed by atoms with van der Waals surface area (Å²) in [5.41, 5.74) is 4.43. The lowest BCUT2D eigenvalue weighted by atomic mass is 10.2. The van der Waals surface area contributed by atoms with Crippen molar-refractivity contribution in [1.29, 1.82) is 0 Å². The van der Waals surface area contributed by atoms with E-state index >= 15 is 0 Å². The predicted molar refractivity (Wildman–Crippen MR) is 88.6 cm³/mol. The molecule has 23 heavy (non-hydrogen) atoms. The van der Waals surface area contributed by atoms with Crippen LogP contribution in [0.5, 0.6) is 5.88 Å². The summed E-state index contributed by atoms with van der Waals surface area (Å²) < 4.78 is 9.17. The van der Waals surface area contributed by atoms with E-state index in [0.29, 0.717) is 0 Å². The van der Waals surface area contributed by atoms with E-state index in [0.717, 1.165) is 35.9 Å². The van der Waals surface area contributed by atoms with Crippen molar-refractivity contribution < 1.29 is 4.74 Å². The number of aromatic nitrogens is 4. The second kappa shape index (κ2) is 6.66. The maximum absolute atomic E-state index is 5.41. The van der Waals surface area contributed by atoms with Gasteiger partial charge in [0.1, 0.15) is 0 Å². The lowest BCUT2D eigenvalue weighted by Gasteiger charge is -2.08. The molecule has 0 spiro atoms. The fourth-order valence-electron chi connectivity index (χ4n) is 2.67. The summed E-state index contributed by atoms with van der Waals surface area (Å²) in [6.45, 7) is 3.52. The molecule has 0 aliphatic heterocycles. The van der Waals surface area contributed by atoms with E-state index in [-0.39, 0.29) is 0 Å². The first-order valence-electron chi connectivity index (χ1n) is 7.53. The van der Waals surface area contributed by atoms with Gasteiger partial charge in [-0.1, -0.05) is 12.1 Å². The summed E-state index contributed by atoms with van der Waals surface area (Å²) >= 11 is 0. The van der Waals surface area contributed by atoms with Crippen LogP contribution >= 0.6 is 0 Å². The van der Waals surface area contributed by atoms with Crippen LogP contribution in [0.4, 0.5) is 0 Å². The largest absolute Gasteiger partial charge is 0.481 e. The summed E-state index contributed by atoms with van der Waals surface area (Å²) in [4.78, 5) is 4.06. The van der Waals surface area contributed by atoms with Crippen molar-refractivity contribution >= 4 is 0 Å². The lowest BCUT2D eigenvalue weighted by Crippen LogP contribution is -2.13. The Morgan fingerprint density at radius 1 is 1.17 bits per heavy atom. The van der Waals surface area contributed by atoms with Crippen molar-refractivity contribution in [2.24, 2.45) is 7.05 Å². The van der Waals surface area contributed by atoms with Crippen LogP contribution in [-0.2, 0) is 20.1 Å². The zero-order valence-electron chi connectivity index (χ0n) is 13.7. The Labute approximate surface area is 135 Å². The zero-order valence-corrected chi connectivity index (χ0v) is 13.7. The molecular weight excluding hydrogens is 290 g/mol. The minimum absolute atomic E-state index is 0.728. The Bertz CT molecular complexity index is 759. The molecule has 3 rings (SSSR count). The van der Waals surface area contributed by atoms with E-state index in [2.05, 4.69) is 39.7 Å². The van der Waals surface area contributed by atoms with Gasteiger partial charge in [0, 0.05) is 38.2 Å². The molecule has 6 nitrogen and oxygen atoms in total. The molecule has 3 aromatic rings. The van der Waals surface area contributed by atoms with Crippen molar-refractivity contribution in [1.82, 2.24) is 24.6 Å². The van der Waals surface area contributed by atoms with Crippen LogP contribution in [0.15, 0.2) is 43.0 Å². The van der Waals surface area contributed by atoms with Gasteiger partial charge in [-0.05, 0) is 24.6 Å². The molecule has 0 saturated heterocycles. The number of hydrogen-bond donors (Lipinski definition) is 1. The third-order valence-electron chi connectivity index (χ3n) is 3.85. The summed E-state index contributed by atoms with van der Waals surface area (Å²) in [6, 6.07) is 8.43. The zero-order chi connectivity index (χ0) is 16.2. The van der Waals surface area contributed by atoms with Crippen LogP contribution in [0, 0.1) is 6.92 Å². The molecule has 0 radical (unpaired) electrons. The first kappa shape index (κ1) is 15.3. The highest BCUT2D eigenvalue weighted by molar-refractivity contribution is 5.35. The normalized spacial score (nSPS) is 10.9. The van der Waals surface area contributed by atoms with E-state index < -0.39 is 0 Å². The molecule has 0 saturated carbocycles. The van der Waals surface area contributed by atoms with E-state index in [1.807, 2.05) is 24.7 Å². The molecule has 1 N–H and O–H groups in total. The van der Waals surface area contributed by atoms with Crippen LogP contribution in [0.3, 0.4) is 0 Å². The van der Waals surface area contributed by atoms with Gasteiger partial charge in [0.15, 0.2) is 0 Å². The van der Waals surface area contributed by atoms with Gasteiger partial charge in [-0.3, -0.25) is 0 Å². The van der Waals surface area contributed by atoms with Crippen molar-refractivity contribution in [2.45, 2.75) is 20.0 Å². The summed E-state index contributed by atoms with van der Waals surface area (Å²) in [5, 5.41) is 7.84. The Morgan fingerprint density at radius 2 is 1.96 bits per heavy atom. The Balaban J connectivity index is 1.61. The van der Waals surface area contributed by atoms with Crippen LogP contribution in [-0.4, -0.2) is 26.4 Å². The maximum atomic E-state index is 5.41. The van der Waals surface area contributed by atoms with Gasteiger partial charge in [0.05, 0.1) is 24.7 Å². The number of imidazole rings is 1. The number of rotatable bonds is 6. The van der Waals surface area contributed by atoms with Gasteiger partial charge in [-0.15, -0.1) is 0 Å². The molecule has 6 heteroatoms. The minimum atomic E-state index is 0.728. The number of nitrogens with zero attached hydrogens (tertiary/aromatic N) is 4. The highest BCUT2D eigenvalue weighted by Crippen LogP contribution is 2.20. The summed E-state index contributed by atoms with van der Waals surface area (Å²) in [5.74, 6) is 0.811. The van der Waals surface area contributed by atoms with Gasteiger partial charge in [0.2, 0.25) is 5.88 Å². The van der Waals surface area contributed by atoms with Crippen molar-refractivity contribution in [3.05, 3.63) is 59.8 Å². The number of nitrogens with one attached hydrogen (secondary N) is 1. The SMILES string of the molecule is COc1c(CNCc2ccc(-n3ccnc3)cc2)c(C)nn1C. The number of benzene rings is 1. The van der Waals surface area contributed by atoms with E-state index in [4.69, 9.17) is 4.74 Å². The molecule has 1 aromatic carbocycles. The molecule has 0 unspecified atom stereocenters. The van der Waals surface area contributed by atoms with E-state index in [1.165, 1.54) is 5.56 Å². The second-order valence-corrected chi connectivity index (χ2v) is 5.44. The Morgan fingerprint density at radius 3 is 2.61 bits per heavy atom. The van der Waals surface area contributed by atoms with Gasteiger partial charge < -0.3 is 14.6 Å². The third kappa shape index (κ3) is 3.27. The lowest BCUT2D eigenvalue weighted by molar-refractivity contribution is 0.368. The number of hydrogen-bond acceptors (Lipinski definition) is 4. The quantitative estimate of drug-likeness (QED) is 0.758. The molecule has 2 aromatic heterocycles. The molecule has 0 aliphatic rings. The molecule has 120 valence electrons. The number of aryl methyl sites for hydroxylation is 2. The number of methoxy groups -OCH3 is 1. The third-order valence-corrected chi connectivity index (χ3v) is 3.85. The van der Waals surface area contributed by atoms with Crippen LogP contribution in [0.2, 0.25) is 0 Å². The highest BCUT2D eigenvalue weighted by atomic mass is 16.5. The van der Waals surface area contributed by atoms with E-state index in [1.54, 1.807) is 24.3 Å². The fourth-order valence-corrected chi connectivity index (χ4v) is 2.67. The molecular formula is C17H21N5O. The standard InChI is InChI=1S/C17H21N5O/c1-13-16(17(23-3)21(2)20-13)11-19-10-14-4-6-15(7-5-14)22-9-8-18-12-22/h4-9,12,19H,10-11H2,1-3H3. The number of ether oxygens (including phenoxy) is 1. The first-order chi connectivity index (χ1) is 11.2. The van der Waals surface area contributed by atoms with Gasteiger partial charge in [-0.25, -0.2) is 9.67 Å². The maximum Gasteiger partial charge on any atom is 0.216 e. The average Bonchev–Trinajstić information content (AvgIpc) is 3.17. The van der Waals surface area contributed by atoms with Crippen LogP contribution < -0.4 is 10.1 Å². The second-order valence-electron chi connectivity index (χ2n) is 5.44. The average molecular weight is 311 g/mol. The van der Waals surface area contributed by atoms with Gasteiger partial charge in [0.25, 0.3) is 0 Å². The minimum Gasteiger partial charge on any atom is -0.481 e. The van der Waals surface area contributed by atoms with Crippen LogP contribution in [0.1, 0.15) is 16.8 Å². The van der Waals surface area contributed by atoms with Crippen molar-refractivity contribution in [3.8, 4) is 11.6 Å². The van der Waals surface area contributed by atoms with Crippen molar-refractivity contribution in [3.63, 3.8) is 0 Å². The predicted octanol–water partition coefficient (Wildman–Crippen LogP) is 2.21. The molecule has 0 amide bonds. The topological polar surface area (TPSA) is 56.9 Å². The highest BCUT2D eigenvalue weighted by Gasteiger charge is 2.12. The molecule has 0 bridgehead atoms. The monoisotopic (exact) mass is 311 g/mol. The molecule has 2 heterocycles.